The third kappa shape index (κ3) is 5.92. The Bertz CT molecular complexity index is 746. The second-order valence-electron chi connectivity index (χ2n) is 6.23. The molecule has 0 amide bonds. The minimum atomic E-state index is 0.423. The Morgan fingerprint density at radius 3 is 2.74 bits per heavy atom. The number of ether oxygens (including phenoxy) is 2. The predicted octanol–water partition coefficient (Wildman–Crippen LogP) is 3.32. The molecule has 27 heavy (non-hydrogen) atoms. The number of aromatic nitrogens is 1. The Labute approximate surface area is 165 Å². The summed E-state index contributed by atoms with van der Waals surface area (Å²) in [6.07, 6.45) is 2.65. The Morgan fingerprint density at radius 2 is 2.04 bits per heavy atom. The number of rotatable bonds is 7. The van der Waals surface area contributed by atoms with Gasteiger partial charge in [0, 0.05) is 37.9 Å². The van der Waals surface area contributed by atoms with E-state index in [1.54, 1.807) is 13.3 Å². The molecule has 1 aliphatic heterocycles. The quantitative estimate of drug-likeness (QED) is 0.341. The zero-order valence-corrected chi connectivity index (χ0v) is 16.3. The Hall–Kier alpha value is -2.15. The van der Waals surface area contributed by atoms with Crippen LogP contribution in [0.15, 0.2) is 47.6 Å². The van der Waals surface area contributed by atoms with Crippen molar-refractivity contribution in [1.82, 2.24) is 9.88 Å². The minimum Gasteiger partial charge on any atom is -0.497 e. The van der Waals surface area contributed by atoms with Gasteiger partial charge in [0.05, 0.1) is 26.0 Å². The average Bonchev–Trinajstić information content (AvgIpc) is 2.72. The van der Waals surface area contributed by atoms with E-state index in [9.17, 15) is 0 Å². The smallest absolute Gasteiger partial charge is 0.152 e. The molecule has 1 aromatic carbocycles. The van der Waals surface area contributed by atoms with E-state index in [1.807, 2.05) is 36.4 Å². The van der Waals surface area contributed by atoms with Crippen LogP contribution in [0.3, 0.4) is 0 Å². The number of nitrogens with zero attached hydrogens (tertiary/aromatic N) is 3. The van der Waals surface area contributed by atoms with Crippen LogP contribution in [-0.4, -0.2) is 62.2 Å². The van der Waals surface area contributed by atoms with Crippen LogP contribution in [0, 0.1) is 0 Å². The molecule has 1 fully saturated rings. The molecule has 1 aliphatic rings. The first-order valence-electron chi connectivity index (χ1n) is 9.13. The molecule has 1 saturated heterocycles. The first kappa shape index (κ1) is 19.6. The van der Waals surface area contributed by atoms with E-state index in [4.69, 9.17) is 26.1 Å². The Morgan fingerprint density at radius 1 is 1.26 bits per heavy atom. The summed E-state index contributed by atoms with van der Waals surface area (Å²) < 4.78 is 10.6. The van der Waals surface area contributed by atoms with Gasteiger partial charge in [-0.1, -0.05) is 11.6 Å². The number of aliphatic imine (C=N–C) groups is 1. The summed E-state index contributed by atoms with van der Waals surface area (Å²) in [4.78, 5) is 11.3. The Balaban J connectivity index is 1.68. The van der Waals surface area contributed by atoms with Crippen molar-refractivity contribution in [2.75, 3.05) is 51.8 Å². The largest absolute Gasteiger partial charge is 0.497 e. The SMILES string of the molecule is COc1ccc(C(=NCCCN2CCOCC2)Nc2cccnc2Cl)cc1. The standard InChI is InChI=1S/C20H25ClN4O2/c1-26-17-7-5-16(6-8-17)20(24-18-4-2-9-22-19(18)21)23-10-3-11-25-12-14-27-15-13-25/h2,4-9H,3,10-15H2,1H3,(H,23,24). The number of hydrogen-bond acceptors (Lipinski definition) is 5. The predicted molar refractivity (Wildman–Crippen MR) is 109 cm³/mol. The van der Waals surface area contributed by atoms with Crippen molar-refractivity contribution in [1.29, 1.82) is 0 Å². The molecule has 2 aromatic rings. The number of hydrogen-bond donors (Lipinski definition) is 1. The number of methoxy groups -OCH3 is 1. The van der Waals surface area contributed by atoms with Gasteiger partial charge in [0.1, 0.15) is 11.6 Å². The number of pyridine rings is 1. The second kappa shape index (κ2) is 10.3. The van der Waals surface area contributed by atoms with E-state index in [0.29, 0.717) is 5.15 Å². The third-order valence-electron chi connectivity index (χ3n) is 4.38. The van der Waals surface area contributed by atoms with Crippen LogP contribution >= 0.6 is 11.6 Å². The molecule has 0 radical (unpaired) electrons. The van der Waals surface area contributed by atoms with Crippen molar-refractivity contribution < 1.29 is 9.47 Å². The van der Waals surface area contributed by atoms with Crippen LogP contribution in [0.25, 0.3) is 0 Å². The van der Waals surface area contributed by atoms with Gasteiger partial charge in [0.25, 0.3) is 0 Å². The van der Waals surface area contributed by atoms with Crippen molar-refractivity contribution in [2.45, 2.75) is 6.42 Å². The molecule has 2 heterocycles. The lowest BCUT2D eigenvalue weighted by molar-refractivity contribution is 0.0377. The van der Waals surface area contributed by atoms with Crippen LogP contribution < -0.4 is 10.1 Å². The van der Waals surface area contributed by atoms with Crippen LogP contribution in [-0.2, 0) is 4.74 Å². The summed E-state index contributed by atoms with van der Waals surface area (Å²) in [6, 6.07) is 11.5. The van der Waals surface area contributed by atoms with Gasteiger partial charge in [0.2, 0.25) is 0 Å². The maximum atomic E-state index is 6.20. The molecule has 7 heteroatoms. The van der Waals surface area contributed by atoms with E-state index < -0.39 is 0 Å². The van der Waals surface area contributed by atoms with E-state index in [1.165, 1.54) is 0 Å². The molecule has 144 valence electrons. The lowest BCUT2D eigenvalue weighted by Crippen LogP contribution is -2.37. The molecular weight excluding hydrogens is 364 g/mol. The summed E-state index contributed by atoms with van der Waals surface area (Å²) in [5.74, 6) is 1.58. The molecule has 0 unspecified atom stereocenters. The van der Waals surface area contributed by atoms with Gasteiger partial charge in [-0.2, -0.15) is 0 Å². The van der Waals surface area contributed by atoms with Gasteiger partial charge in [-0.05, 0) is 42.8 Å². The fraction of sp³-hybridized carbons (Fsp3) is 0.400. The van der Waals surface area contributed by atoms with Crippen LogP contribution in [0.2, 0.25) is 5.15 Å². The van der Waals surface area contributed by atoms with E-state index in [0.717, 1.165) is 68.6 Å². The average molecular weight is 389 g/mol. The molecule has 0 atom stereocenters. The summed E-state index contributed by atoms with van der Waals surface area (Å²) in [7, 11) is 1.66. The van der Waals surface area contributed by atoms with Gasteiger partial charge in [-0.3, -0.25) is 9.89 Å². The van der Waals surface area contributed by atoms with Crippen molar-refractivity contribution in [3.63, 3.8) is 0 Å². The maximum absolute atomic E-state index is 6.20. The molecule has 1 aromatic heterocycles. The van der Waals surface area contributed by atoms with Crippen LogP contribution in [0.5, 0.6) is 5.75 Å². The van der Waals surface area contributed by atoms with Gasteiger partial charge in [0.15, 0.2) is 5.15 Å². The van der Waals surface area contributed by atoms with Crippen molar-refractivity contribution in [3.8, 4) is 5.75 Å². The number of anilines is 1. The fourth-order valence-corrected chi connectivity index (χ4v) is 3.04. The maximum Gasteiger partial charge on any atom is 0.152 e. The zero-order chi connectivity index (χ0) is 18.9. The zero-order valence-electron chi connectivity index (χ0n) is 15.5. The van der Waals surface area contributed by atoms with Gasteiger partial charge < -0.3 is 14.8 Å². The highest BCUT2D eigenvalue weighted by Gasteiger charge is 2.10. The normalized spacial score (nSPS) is 15.6. The highest BCUT2D eigenvalue weighted by molar-refractivity contribution is 6.32. The van der Waals surface area contributed by atoms with Crippen LogP contribution in [0.4, 0.5) is 5.69 Å². The molecule has 0 aliphatic carbocycles. The summed E-state index contributed by atoms with van der Waals surface area (Å²) >= 11 is 6.20. The minimum absolute atomic E-state index is 0.423. The van der Waals surface area contributed by atoms with Gasteiger partial charge in [-0.25, -0.2) is 4.98 Å². The second-order valence-corrected chi connectivity index (χ2v) is 6.59. The molecule has 6 nitrogen and oxygen atoms in total. The molecule has 3 rings (SSSR count). The molecule has 0 bridgehead atoms. The number of halogens is 1. The molecular formula is C20H25ClN4O2. The van der Waals surface area contributed by atoms with Gasteiger partial charge in [-0.15, -0.1) is 0 Å². The summed E-state index contributed by atoms with van der Waals surface area (Å²) in [5.41, 5.74) is 1.71. The van der Waals surface area contributed by atoms with Crippen molar-refractivity contribution in [3.05, 3.63) is 53.3 Å². The van der Waals surface area contributed by atoms with E-state index >= 15 is 0 Å². The first-order chi connectivity index (χ1) is 13.3. The topological polar surface area (TPSA) is 59.0 Å². The lowest BCUT2D eigenvalue weighted by Gasteiger charge is -2.26. The molecule has 0 spiro atoms. The number of benzene rings is 1. The van der Waals surface area contributed by atoms with Gasteiger partial charge >= 0.3 is 0 Å². The molecule has 1 N–H and O–H groups in total. The highest BCUT2D eigenvalue weighted by Crippen LogP contribution is 2.20. The number of morpholine rings is 1. The lowest BCUT2D eigenvalue weighted by atomic mass is 10.2. The third-order valence-corrected chi connectivity index (χ3v) is 4.68. The monoisotopic (exact) mass is 388 g/mol. The highest BCUT2D eigenvalue weighted by atomic mass is 35.5. The van der Waals surface area contributed by atoms with Crippen LogP contribution in [0.1, 0.15) is 12.0 Å². The van der Waals surface area contributed by atoms with E-state index in [-0.39, 0.29) is 0 Å². The van der Waals surface area contributed by atoms with E-state index in [2.05, 4.69) is 15.2 Å². The fourth-order valence-electron chi connectivity index (χ4n) is 2.87. The summed E-state index contributed by atoms with van der Waals surface area (Å²) in [6.45, 7) is 5.39. The summed E-state index contributed by atoms with van der Waals surface area (Å²) in [5, 5.41) is 3.74. The first-order valence-corrected chi connectivity index (χ1v) is 9.50. The Kier molecular flexibility index (Phi) is 7.45. The van der Waals surface area contributed by atoms with Crippen molar-refractivity contribution in [2.24, 2.45) is 4.99 Å². The number of amidine groups is 1. The number of nitrogens with one attached hydrogen (secondary N) is 1. The molecule has 0 saturated carbocycles. The van der Waals surface area contributed by atoms with Crippen molar-refractivity contribution >= 4 is 23.1 Å².